The van der Waals surface area contributed by atoms with Crippen molar-refractivity contribution in [2.45, 2.75) is 63.7 Å². The molecule has 2 aliphatic carbocycles. The van der Waals surface area contributed by atoms with Gasteiger partial charge in [-0.25, -0.2) is 0 Å². The molecule has 3 N–H and O–H groups in total. The highest BCUT2D eigenvalue weighted by Gasteiger charge is 2.39. The van der Waals surface area contributed by atoms with Crippen LogP contribution in [-0.4, -0.2) is 17.0 Å². The second kappa shape index (κ2) is 6.44. The van der Waals surface area contributed by atoms with Crippen molar-refractivity contribution in [3.8, 4) is 0 Å². The first kappa shape index (κ1) is 13.7. The minimum Gasteiger partial charge on any atom is -0.271 e. The van der Waals surface area contributed by atoms with Crippen molar-refractivity contribution >= 4 is 11.8 Å². The van der Waals surface area contributed by atoms with Crippen LogP contribution in [0.2, 0.25) is 0 Å². The summed E-state index contributed by atoms with van der Waals surface area (Å²) in [7, 11) is 0. The van der Waals surface area contributed by atoms with Crippen molar-refractivity contribution in [2.75, 3.05) is 5.75 Å². The topological polar surface area (TPSA) is 38.0 Å². The van der Waals surface area contributed by atoms with Gasteiger partial charge in [0.15, 0.2) is 0 Å². The number of hydrogen-bond acceptors (Lipinski definition) is 3. The number of hydrogen-bond donors (Lipinski definition) is 2. The molecular weight excluding hydrogens is 228 g/mol. The molecule has 5 unspecified atom stereocenters. The lowest BCUT2D eigenvalue weighted by molar-refractivity contribution is 0.286. The van der Waals surface area contributed by atoms with Crippen LogP contribution in [0.5, 0.6) is 0 Å². The molecule has 17 heavy (non-hydrogen) atoms. The third-order valence-corrected chi connectivity index (χ3v) is 6.36. The molecule has 2 saturated carbocycles. The van der Waals surface area contributed by atoms with Crippen LogP contribution in [0.25, 0.3) is 0 Å². The number of nitrogens with one attached hydrogen (secondary N) is 1. The summed E-state index contributed by atoms with van der Waals surface area (Å²) in [6.07, 6.45) is 8.56. The number of rotatable bonds is 7. The minimum absolute atomic E-state index is 0.526. The Balaban J connectivity index is 1.72. The molecule has 0 aromatic carbocycles. The van der Waals surface area contributed by atoms with Gasteiger partial charge in [-0.15, -0.1) is 0 Å². The fraction of sp³-hybridized carbons (Fsp3) is 1.00. The van der Waals surface area contributed by atoms with Gasteiger partial charge in [0.25, 0.3) is 0 Å². The van der Waals surface area contributed by atoms with E-state index in [0.29, 0.717) is 6.04 Å². The predicted octanol–water partition coefficient (Wildman–Crippen LogP) is 3.18. The maximum absolute atomic E-state index is 5.71. The summed E-state index contributed by atoms with van der Waals surface area (Å²) in [4.78, 5) is 0. The van der Waals surface area contributed by atoms with E-state index in [1.54, 1.807) is 0 Å². The third kappa shape index (κ3) is 3.62. The monoisotopic (exact) mass is 256 g/mol. The molecule has 0 saturated heterocycles. The normalized spacial score (nSPS) is 35.1. The van der Waals surface area contributed by atoms with Gasteiger partial charge in [-0.2, -0.15) is 11.8 Å². The Hall–Kier alpha value is 0.270. The molecule has 100 valence electrons. The maximum Gasteiger partial charge on any atom is 0.0303 e. The molecular formula is C14H28N2S. The molecule has 2 fully saturated rings. The van der Waals surface area contributed by atoms with Gasteiger partial charge in [0.05, 0.1) is 0 Å². The van der Waals surface area contributed by atoms with Crippen molar-refractivity contribution < 1.29 is 0 Å². The summed E-state index contributed by atoms with van der Waals surface area (Å²) < 4.78 is 0. The van der Waals surface area contributed by atoms with Gasteiger partial charge in [0.2, 0.25) is 0 Å². The summed E-state index contributed by atoms with van der Waals surface area (Å²) in [5, 5.41) is 0.769. The molecule has 2 nitrogen and oxygen atoms in total. The first-order chi connectivity index (χ1) is 8.22. The second-order valence-corrected chi connectivity index (χ2v) is 7.56. The van der Waals surface area contributed by atoms with E-state index in [1.807, 2.05) is 0 Å². The van der Waals surface area contributed by atoms with Gasteiger partial charge in [-0.1, -0.05) is 20.3 Å². The van der Waals surface area contributed by atoms with Gasteiger partial charge >= 0.3 is 0 Å². The first-order valence-electron chi connectivity index (χ1n) is 7.30. The lowest BCUT2D eigenvalue weighted by Crippen LogP contribution is -2.39. The van der Waals surface area contributed by atoms with Crippen molar-refractivity contribution in [3.05, 3.63) is 0 Å². The molecule has 2 bridgehead atoms. The summed E-state index contributed by atoms with van der Waals surface area (Å²) >= 11 is 2.07. The predicted molar refractivity (Wildman–Crippen MR) is 76.9 cm³/mol. The average molecular weight is 256 g/mol. The SMILES string of the molecule is CCC(C)SCC(CC1CC2CCC1C2)NN. The molecule has 2 aliphatic rings. The summed E-state index contributed by atoms with van der Waals surface area (Å²) in [6.45, 7) is 4.58. The zero-order valence-corrected chi connectivity index (χ0v) is 12.1. The fourth-order valence-electron chi connectivity index (χ4n) is 3.61. The molecule has 0 amide bonds. The third-order valence-electron chi connectivity index (χ3n) is 4.86. The van der Waals surface area contributed by atoms with Crippen LogP contribution in [0.4, 0.5) is 0 Å². The summed E-state index contributed by atoms with van der Waals surface area (Å²) in [5.74, 6) is 9.95. The summed E-state index contributed by atoms with van der Waals surface area (Å²) in [6, 6.07) is 0.526. The first-order valence-corrected chi connectivity index (χ1v) is 8.35. The molecule has 5 atom stereocenters. The number of hydrazine groups is 1. The van der Waals surface area contributed by atoms with Gasteiger partial charge < -0.3 is 0 Å². The van der Waals surface area contributed by atoms with Crippen LogP contribution in [0, 0.1) is 17.8 Å². The Morgan fingerprint density at radius 3 is 2.71 bits per heavy atom. The van der Waals surface area contributed by atoms with Crippen LogP contribution in [0.1, 0.15) is 52.4 Å². The standard InChI is InChI=1S/C14H28N2S/c1-3-10(2)17-9-14(16-15)8-13-7-11-4-5-12(13)6-11/h10-14,16H,3-9,15H2,1-2H3. The Kier molecular flexibility index (Phi) is 5.19. The Morgan fingerprint density at radius 2 is 2.18 bits per heavy atom. The van der Waals surface area contributed by atoms with Crippen LogP contribution in [-0.2, 0) is 0 Å². The molecule has 0 heterocycles. The van der Waals surface area contributed by atoms with E-state index in [4.69, 9.17) is 5.84 Å². The van der Waals surface area contributed by atoms with Crippen LogP contribution in [0.15, 0.2) is 0 Å². The molecule has 3 heteroatoms. The smallest absolute Gasteiger partial charge is 0.0303 e. The molecule has 2 rings (SSSR count). The average Bonchev–Trinajstić information content (AvgIpc) is 2.95. The lowest BCUT2D eigenvalue weighted by Gasteiger charge is -2.26. The van der Waals surface area contributed by atoms with E-state index < -0.39 is 0 Å². The number of thioether (sulfide) groups is 1. The fourth-order valence-corrected chi connectivity index (χ4v) is 4.64. The highest BCUT2D eigenvalue weighted by atomic mass is 32.2. The van der Waals surface area contributed by atoms with E-state index in [-0.39, 0.29) is 0 Å². The summed E-state index contributed by atoms with van der Waals surface area (Å²) in [5.41, 5.74) is 3.05. The Morgan fingerprint density at radius 1 is 1.35 bits per heavy atom. The lowest BCUT2D eigenvalue weighted by atomic mass is 9.84. The number of nitrogens with two attached hydrogens (primary N) is 1. The van der Waals surface area contributed by atoms with E-state index >= 15 is 0 Å². The Bertz CT molecular complexity index is 234. The largest absolute Gasteiger partial charge is 0.271 e. The Labute approximate surface area is 110 Å². The van der Waals surface area contributed by atoms with Crippen molar-refractivity contribution in [1.29, 1.82) is 0 Å². The maximum atomic E-state index is 5.71. The second-order valence-electron chi connectivity index (χ2n) is 6.09. The van der Waals surface area contributed by atoms with Crippen molar-refractivity contribution in [1.82, 2.24) is 5.43 Å². The highest BCUT2D eigenvalue weighted by molar-refractivity contribution is 7.99. The highest BCUT2D eigenvalue weighted by Crippen LogP contribution is 2.49. The zero-order chi connectivity index (χ0) is 12.3. The molecule has 0 aromatic heterocycles. The molecule has 0 aromatic rings. The van der Waals surface area contributed by atoms with E-state index in [2.05, 4.69) is 31.0 Å². The molecule has 0 radical (unpaired) electrons. The van der Waals surface area contributed by atoms with Crippen LogP contribution in [0.3, 0.4) is 0 Å². The zero-order valence-electron chi connectivity index (χ0n) is 11.3. The minimum atomic E-state index is 0.526. The van der Waals surface area contributed by atoms with Gasteiger partial charge in [-0.3, -0.25) is 11.3 Å². The van der Waals surface area contributed by atoms with E-state index in [0.717, 1.165) is 23.0 Å². The van der Waals surface area contributed by atoms with Crippen molar-refractivity contribution in [2.24, 2.45) is 23.6 Å². The van der Waals surface area contributed by atoms with Gasteiger partial charge in [0, 0.05) is 17.0 Å². The van der Waals surface area contributed by atoms with Crippen LogP contribution < -0.4 is 11.3 Å². The quantitative estimate of drug-likeness (QED) is 0.543. The van der Waals surface area contributed by atoms with Gasteiger partial charge in [-0.05, 0) is 49.9 Å². The molecule has 0 spiro atoms. The molecule has 0 aliphatic heterocycles. The van der Waals surface area contributed by atoms with Crippen molar-refractivity contribution in [3.63, 3.8) is 0 Å². The van der Waals surface area contributed by atoms with Crippen LogP contribution >= 0.6 is 11.8 Å². The number of fused-ring (bicyclic) bond motifs is 2. The van der Waals surface area contributed by atoms with E-state index in [1.165, 1.54) is 44.3 Å². The van der Waals surface area contributed by atoms with E-state index in [9.17, 15) is 0 Å². The van der Waals surface area contributed by atoms with Gasteiger partial charge in [0.1, 0.15) is 0 Å².